The molecule has 1 atom stereocenters. The minimum absolute atomic E-state index is 0.100. The fourth-order valence-electron chi connectivity index (χ4n) is 3.11. The standard InChI is InChI=1S/C16H25N5O3/c1-13(15(22)20-9-11-24-12-10-20)19-5-7-21(8-6-19)16-17-4-3-14(18-16)23-2/h3-4,13H,5-12H2,1-2H3/t13-/m1/s1. The smallest absolute Gasteiger partial charge is 0.239 e. The number of ether oxygens (including phenoxy) is 2. The summed E-state index contributed by atoms with van der Waals surface area (Å²) in [5, 5.41) is 0. The molecular weight excluding hydrogens is 310 g/mol. The summed E-state index contributed by atoms with van der Waals surface area (Å²) in [6, 6.07) is 1.64. The quantitative estimate of drug-likeness (QED) is 0.758. The molecule has 132 valence electrons. The highest BCUT2D eigenvalue weighted by molar-refractivity contribution is 5.81. The van der Waals surface area contributed by atoms with Crippen LogP contribution in [0.1, 0.15) is 6.92 Å². The number of aromatic nitrogens is 2. The van der Waals surface area contributed by atoms with Gasteiger partial charge in [0.1, 0.15) is 0 Å². The van der Waals surface area contributed by atoms with Gasteiger partial charge < -0.3 is 19.3 Å². The van der Waals surface area contributed by atoms with Crippen LogP contribution in [0.15, 0.2) is 12.3 Å². The summed E-state index contributed by atoms with van der Waals surface area (Å²) in [5.74, 6) is 1.45. The summed E-state index contributed by atoms with van der Waals surface area (Å²) in [5.41, 5.74) is 0. The van der Waals surface area contributed by atoms with Gasteiger partial charge in [-0.1, -0.05) is 0 Å². The van der Waals surface area contributed by atoms with Crippen LogP contribution in [0, 0.1) is 0 Å². The molecule has 0 bridgehead atoms. The summed E-state index contributed by atoms with van der Waals surface area (Å²) in [6.07, 6.45) is 1.71. The minimum atomic E-state index is -0.100. The molecule has 0 saturated carbocycles. The molecule has 2 saturated heterocycles. The van der Waals surface area contributed by atoms with Gasteiger partial charge in [0.15, 0.2) is 0 Å². The van der Waals surface area contributed by atoms with E-state index >= 15 is 0 Å². The van der Waals surface area contributed by atoms with Crippen LogP contribution in [0.2, 0.25) is 0 Å². The Morgan fingerprint density at radius 3 is 2.58 bits per heavy atom. The molecule has 2 aliphatic rings. The van der Waals surface area contributed by atoms with Crippen molar-refractivity contribution in [1.82, 2.24) is 19.8 Å². The average Bonchev–Trinajstić information content (AvgIpc) is 2.67. The van der Waals surface area contributed by atoms with Crippen molar-refractivity contribution in [2.75, 3.05) is 64.5 Å². The highest BCUT2D eigenvalue weighted by atomic mass is 16.5. The molecule has 0 spiro atoms. The van der Waals surface area contributed by atoms with Gasteiger partial charge in [0.2, 0.25) is 17.7 Å². The number of nitrogens with zero attached hydrogens (tertiary/aromatic N) is 5. The molecule has 8 nitrogen and oxygen atoms in total. The Balaban J connectivity index is 1.55. The molecule has 2 aliphatic heterocycles. The summed E-state index contributed by atoms with van der Waals surface area (Å²) >= 11 is 0. The number of carbonyl (C=O) groups excluding carboxylic acids is 1. The normalized spacial score (nSPS) is 20.8. The van der Waals surface area contributed by atoms with Crippen LogP contribution < -0.4 is 9.64 Å². The SMILES string of the molecule is COc1ccnc(N2CCN([C@H](C)C(=O)N3CCOCC3)CC2)n1. The first-order chi connectivity index (χ1) is 11.7. The number of anilines is 1. The Morgan fingerprint density at radius 2 is 1.92 bits per heavy atom. The number of carbonyl (C=O) groups is 1. The van der Waals surface area contributed by atoms with E-state index in [0.717, 1.165) is 26.2 Å². The molecule has 0 unspecified atom stereocenters. The molecule has 3 heterocycles. The molecule has 0 N–H and O–H groups in total. The van der Waals surface area contributed by atoms with E-state index in [9.17, 15) is 4.79 Å². The van der Waals surface area contributed by atoms with E-state index in [2.05, 4.69) is 19.8 Å². The van der Waals surface area contributed by atoms with Gasteiger partial charge in [-0.15, -0.1) is 0 Å². The number of hydrogen-bond acceptors (Lipinski definition) is 7. The molecule has 1 aromatic rings. The predicted octanol–water partition coefficient (Wildman–Crippen LogP) is -0.145. The van der Waals surface area contributed by atoms with Crippen LogP contribution in [-0.4, -0.2) is 91.3 Å². The van der Waals surface area contributed by atoms with Gasteiger partial charge in [-0.25, -0.2) is 4.98 Å². The van der Waals surface area contributed by atoms with Crippen LogP contribution >= 0.6 is 0 Å². The van der Waals surface area contributed by atoms with Crippen molar-refractivity contribution in [3.05, 3.63) is 12.3 Å². The van der Waals surface area contributed by atoms with E-state index in [1.165, 1.54) is 0 Å². The lowest BCUT2D eigenvalue weighted by Gasteiger charge is -2.39. The van der Waals surface area contributed by atoms with E-state index in [0.29, 0.717) is 38.1 Å². The lowest BCUT2D eigenvalue weighted by atomic mass is 10.2. The van der Waals surface area contributed by atoms with Gasteiger partial charge >= 0.3 is 0 Å². The third-order valence-electron chi connectivity index (χ3n) is 4.65. The molecule has 0 aromatic carbocycles. The largest absolute Gasteiger partial charge is 0.481 e. The first-order valence-electron chi connectivity index (χ1n) is 8.41. The first kappa shape index (κ1) is 16.9. The van der Waals surface area contributed by atoms with Crippen LogP contribution in [0.25, 0.3) is 0 Å². The number of amides is 1. The molecule has 1 amide bonds. The van der Waals surface area contributed by atoms with E-state index in [1.807, 2.05) is 11.8 Å². The van der Waals surface area contributed by atoms with Gasteiger partial charge in [-0.2, -0.15) is 4.98 Å². The summed E-state index contributed by atoms with van der Waals surface area (Å²) in [7, 11) is 1.60. The fourth-order valence-corrected chi connectivity index (χ4v) is 3.11. The zero-order valence-electron chi connectivity index (χ0n) is 14.3. The Morgan fingerprint density at radius 1 is 1.21 bits per heavy atom. The molecule has 3 rings (SSSR count). The topological polar surface area (TPSA) is 71.0 Å². The molecule has 1 aromatic heterocycles. The van der Waals surface area contributed by atoms with Crippen molar-refractivity contribution in [1.29, 1.82) is 0 Å². The Labute approximate surface area is 142 Å². The summed E-state index contributed by atoms with van der Waals surface area (Å²) in [6.45, 7) is 7.90. The Kier molecular flexibility index (Phi) is 5.47. The predicted molar refractivity (Wildman–Crippen MR) is 89.2 cm³/mol. The number of hydrogen-bond donors (Lipinski definition) is 0. The van der Waals surface area contributed by atoms with Crippen molar-refractivity contribution in [2.45, 2.75) is 13.0 Å². The van der Waals surface area contributed by atoms with Crippen LogP contribution in [0.4, 0.5) is 5.95 Å². The maximum atomic E-state index is 12.6. The highest BCUT2D eigenvalue weighted by Gasteiger charge is 2.30. The van der Waals surface area contributed by atoms with E-state index in [1.54, 1.807) is 19.4 Å². The van der Waals surface area contributed by atoms with Gasteiger partial charge in [0.25, 0.3) is 0 Å². The molecule has 24 heavy (non-hydrogen) atoms. The first-order valence-corrected chi connectivity index (χ1v) is 8.41. The second kappa shape index (κ2) is 7.76. The second-order valence-electron chi connectivity index (χ2n) is 6.04. The number of rotatable bonds is 4. The number of piperazine rings is 1. The number of morpholine rings is 1. The Hall–Kier alpha value is -1.93. The molecule has 2 fully saturated rings. The van der Waals surface area contributed by atoms with Crippen molar-refractivity contribution < 1.29 is 14.3 Å². The lowest BCUT2D eigenvalue weighted by Crippen LogP contribution is -2.56. The molecule has 0 radical (unpaired) electrons. The van der Waals surface area contributed by atoms with E-state index in [4.69, 9.17) is 9.47 Å². The fraction of sp³-hybridized carbons (Fsp3) is 0.688. The van der Waals surface area contributed by atoms with E-state index < -0.39 is 0 Å². The van der Waals surface area contributed by atoms with Gasteiger partial charge in [-0.3, -0.25) is 9.69 Å². The zero-order valence-corrected chi connectivity index (χ0v) is 14.3. The van der Waals surface area contributed by atoms with Crippen LogP contribution in [0.5, 0.6) is 5.88 Å². The monoisotopic (exact) mass is 335 g/mol. The molecular formula is C16H25N5O3. The zero-order chi connectivity index (χ0) is 16.9. The average molecular weight is 335 g/mol. The molecule has 8 heteroatoms. The van der Waals surface area contributed by atoms with E-state index in [-0.39, 0.29) is 11.9 Å². The van der Waals surface area contributed by atoms with Crippen molar-refractivity contribution in [3.8, 4) is 5.88 Å². The summed E-state index contributed by atoms with van der Waals surface area (Å²) in [4.78, 5) is 27.6. The third kappa shape index (κ3) is 3.76. The van der Waals surface area contributed by atoms with Gasteiger partial charge in [-0.05, 0) is 6.92 Å². The summed E-state index contributed by atoms with van der Waals surface area (Å²) < 4.78 is 10.5. The maximum Gasteiger partial charge on any atom is 0.239 e. The van der Waals surface area contributed by atoms with Crippen molar-refractivity contribution >= 4 is 11.9 Å². The lowest BCUT2D eigenvalue weighted by molar-refractivity contribution is -0.140. The maximum absolute atomic E-state index is 12.6. The van der Waals surface area contributed by atoms with Crippen LogP contribution in [0.3, 0.4) is 0 Å². The van der Waals surface area contributed by atoms with Gasteiger partial charge in [0.05, 0.1) is 26.4 Å². The third-order valence-corrected chi connectivity index (χ3v) is 4.65. The Bertz CT molecular complexity index is 556. The highest BCUT2D eigenvalue weighted by Crippen LogP contribution is 2.16. The minimum Gasteiger partial charge on any atom is -0.481 e. The van der Waals surface area contributed by atoms with Crippen molar-refractivity contribution in [2.24, 2.45) is 0 Å². The van der Waals surface area contributed by atoms with Crippen molar-refractivity contribution in [3.63, 3.8) is 0 Å². The van der Waals surface area contributed by atoms with Gasteiger partial charge in [0, 0.05) is 51.5 Å². The molecule has 0 aliphatic carbocycles. The number of methoxy groups -OCH3 is 1. The second-order valence-corrected chi connectivity index (χ2v) is 6.04. The van der Waals surface area contributed by atoms with Crippen LogP contribution in [-0.2, 0) is 9.53 Å².